The van der Waals surface area contributed by atoms with Crippen LogP contribution in [0.25, 0.3) is 33.4 Å². The van der Waals surface area contributed by atoms with Crippen LogP contribution in [-0.2, 0) is 19.4 Å². The maximum Gasteiger partial charge on any atom is 0.138 e. The minimum atomic E-state index is 0.788. The van der Waals surface area contributed by atoms with Gasteiger partial charge in [-0.1, -0.05) is 36.4 Å². The molecule has 0 unspecified atom stereocenters. The van der Waals surface area contributed by atoms with E-state index in [0.717, 1.165) is 64.2 Å². The number of hydrogen-bond donors (Lipinski definition) is 3. The molecule has 0 fully saturated rings. The average molecular weight is 437 g/mol. The van der Waals surface area contributed by atoms with Crippen molar-refractivity contribution >= 4 is 16.7 Å². The predicted molar refractivity (Wildman–Crippen MR) is 135 cm³/mol. The Kier molecular flexibility index (Phi) is 5.67. The first-order valence-electron chi connectivity index (χ1n) is 11.2. The molecular weight excluding hydrogens is 408 g/mol. The number of aryl methyl sites for hydroxylation is 2. The summed E-state index contributed by atoms with van der Waals surface area (Å²) in [7, 11) is 4.16. The lowest BCUT2D eigenvalue weighted by Crippen LogP contribution is -2.10. The molecule has 0 bridgehead atoms. The largest absolute Gasteiger partial charge is 0.399 e. The first kappa shape index (κ1) is 21.0. The van der Waals surface area contributed by atoms with Crippen LogP contribution in [0.3, 0.4) is 0 Å². The van der Waals surface area contributed by atoms with Gasteiger partial charge in [-0.05, 0) is 73.5 Å². The lowest BCUT2D eigenvalue weighted by molar-refractivity contribution is 0.402. The van der Waals surface area contributed by atoms with Crippen molar-refractivity contribution in [1.29, 1.82) is 0 Å². The number of aromatic nitrogens is 4. The van der Waals surface area contributed by atoms with E-state index >= 15 is 0 Å². The Morgan fingerprint density at radius 1 is 0.879 bits per heavy atom. The van der Waals surface area contributed by atoms with E-state index in [0.29, 0.717) is 0 Å². The molecule has 166 valence electrons. The fraction of sp³-hybridized carbons (Fsp3) is 0.185. The van der Waals surface area contributed by atoms with Crippen molar-refractivity contribution in [2.24, 2.45) is 0 Å². The van der Waals surface area contributed by atoms with Crippen LogP contribution < -0.4 is 5.73 Å². The van der Waals surface area contributed by atoms with Gasteiger partial charge >= 0.3 is 0 Å². The number of H-pyrrole nitrogens is 2. The first-order valence-corrected chi connectivity index (χ1v) is 11.2. The molecule has 3 heterocycles. The fourth-order valence-electron chi connectivity index (χ4n) is 4.26. The number of nitrogens with zero attached hydrogens (tertiary/aromatic N) is 3. The molecule has 0 atom stereocenters. The third-order valence-corrected chi connectivity index (χ3v) is 5.95. The van der Waals surface area contributed by atoms with Crippen LogP contribution in [0.4, 0.5) is 5.69 Å². The van der Waals surface area contributed by atoms with E-state index in [4.69, 9.17) is 5.73 Å². The number of aromatic amines is 2. The van der Waals surface area contributed by atoms with Crippen molar-refractivity contribution in [2.45, 2.75) is 19.4 Å². The third-order valence-electron chi connectivity index (χ3n) is 5.95. The molecule has 6 heteroatoms. The Hall–Kier alpha value is -3.90. The van der Waals surface area contributed by atoms with Gasteiger partial charge in [0, 0.05) is 40.8 Å². The van der Waals surface area contributed by atoms with Crippen LogP contribution >= 0.6 is 0 Å². The Bertz CT molecular complexity index is 1360. The molecule has 0 aliphatic rings. The number of rotatable bonds is 7. The van der Waals surface area contributed by atoms with E-state index in [1.807, 2.05) is 24.5 Å². The maximum atomic E-state index is 5.81. The Morgan fingerprint density at radius 3 is 2.39 bits per heavy atom. The Labute approximate surface area is 193 Å². The molecule has 3 aromatic heterocycles. The molecule has 5 aromatic rings. The molecule has 2 aromatic carbocycles. The molecule has 0 saturated heterocycles. The van der Waals surface area contributed by atoms with Crippen LogP contribution in [0.2, 0.25) is 0 Å². The van der Waals surface area contributed by atoms with Gasteiger partial charge in [-0.3, -0.25) is 5.10 Å². The molecule has 6 nitrogen and oxygen atoms in total. The van der Waals surface area contributed by atoms with Crippen LogP contribution in [0.1, 0.15) is 16.8 Å². The van der Waals surface area contributed by atoms with Crippen LogP contribution in [-0.4, -0.2) is 39.2 Å². The van der Waals surface area contributed by atoms with E-state index in [1.54, 1.807) is 0 Å². The zero-order chi connectivity index (χ0) is 22.8. The van der Waals surface area contributed by atoms with Gasteiger partial charge in [-0.2, -0.15) is 5.10 Å². The molecule has 5 rings (SSSR count). The lowest BCUT2D eigenvalue weighted by Gasteiger charge is -2.09. The summed E-state index contributed by atoms with van der Waals surface area (Å²) in [4.78, 5) is 10.2. The standard InChI is InChI=1S/C27H28N6/c1-33(2)17-19-3-8-20(9-4-19)26-15-23-22(13-14-29-27(23)31-26)24-16-30-32-25(24)12-7-18-5-10-21(28)11-6-18/h3-6,8-11,13-16H,7,12,17,28H2,1-2H3,(H,29,31)(H,30,32). The van der Waals surface area contributed by atoms with E-state index in [9.17, 15) is 0 Å². The molecule has 0 spiro atoms. The highest BCUT2D eigenvalue weighted by Crippen LogP contribution is 2.33. The molecule has 0 aliphatic carbocycles. The second-order valence-corrected chi connectivity index (χ2v) is 8.74. The van der Waals surface area contributed by atoms with Gasteiger partial charge < -0.3 is 15.6 Å². The highest BCUT2D eigenvalue weighted by Gasteiger charge is 2.14. The smallest absolute Gasteiger partial charge is 0.138 e. The van der Waals surface area contributed by atoms with Gasteiger partial charge in [0.2, 0.25) is 0 Å². The van der Waals surface area contributed by atoms with Gasteiger partial charge in [-0.25, -0.2) is 4.98 Å². The zero-order valence-corrected chi connectivity index (χ0v) is 19.0. The molecule has 33 heavy (non-hydrogen) atoms. The summed E-state index contributed by atoms with van der Waals surface area (Å²) < 4.78 is 0. The summed E-state index contributed by atoms with van der Waals surface area (Å²) in [6, 6.07) is 21.0. The summed E-state index contributed by atoms with van der Waals surface area (Å²) in [5.41, 5.74) is 15.6. The summed E-state index contributed by atoms with van der Waals surface area (Å²) in [5.74, 6) is 0. The van der Waals surface area contributed by atoms with Crippen LogP contribution in [0, 0.1) is 0 Å². The topological polar surface area (TPSA) is 86.6 Å². The van der Waals surface area contributed by atoms with Crippen molar-refractivity contribution in [2.75, 3.05) is 19.8 Å². The number of hydrogen-bond acceptors (Lipinski definition) is 4. The second-order valence-electron chi connectivity index (χ2n) is 8.74. The number of pyridine rings is 1. The predicted octanol–water partition coefficient (Wildman–Crippen LogP) is 5.05. The lowest BCUT2D eigenvalue weighted by atomic mass is 10.00. The van der Waals surface area contributed by atoms with Crippen molar-refractivity contribution < 1.29 is 0 Å². The minimum Gasteiger partial charge on any atom is -0.399 e. The van der Waals surface area contributed by atoms with Crippen LogP contribution in [0.15, 0.2) is 73.1 Å². The van der Waals surface area contributed by atoms with E-state index in [1.165, 1.54) is 11.1 Å². The Morgan fingerprint density at radius 2 is 1.64 bits per heavy atom. The van der Waals surface area contributed by atoms with Crippen LogP contribution in [0.5, 0.6) is 0 Å². The van der Waals surface area contributed by atoms with Gasteiger partial charge in [0.05, 0.1) is 6.20 Å². The Balaban J connectivity index is 1.43. The average Bonchev–Trinajstić information content (AvgIpc) is 3.46. The van der Waals surface area contributed by atoms with Gasteiger partial charge in [-0.15, -0.1) is 0 Å². The summed E-state index contributed by atoms with van der Waals surface area (Å²) in [5, 5.41) is 8.65. The molecular formula is C27H28N6. The second kappa shape index (κ2) is 8.92. The highest BCUT2D eigenvalue weighted by atomic mass is 15.1. The number of anilines is 1. The summed E-state index contributed by atoms with van der Waals surface area (Å²) >= 11 is 0. The van der Waals surface area contributed by atoms with Gasteiger partial charge in [0.1, 0.15) is 5.65 Å². The van der Waals surface area contributed by atoms with Gasteiger partial charge in [0.15, 0.2) is 0 Å². The monoisotopic (exact) mass is 436 g/mol. The zero-order valence-electron chi connectivity index (χ0n) is 19.0. The van der Waals surface area contributed by atoms with E-state index < -0.39 is 0 Å². The highest BCUT2D eigenvalue weighted by molar-refractivity contribution is 5.96. The van der Waals surface area contributed by atoms with Crippen molar-refractivity contribution in [1.82, 2.24) is 25.1 Å². The molecule has 0 saturated carbocycles. The normalized spacial score (nSPS) is 11.5. The van der Waals surface area contributed by atoms with Crippen molar-refractivity contribution in [3.05, 3.63) is 89.9 Å². The quantitative estimate of drug-likeness (QED) is 0.312. The molecule has 0 aliphatic heterocycles. The van der Waals surface area contributed by atoms with E-state index in [-0.39, 0.29) is 0 Å². The maximum absolute atomic E-state index is 5.81. The number of fused-ring (bicyclic) bond motifs is 1. The minimum absolute atomic E-state index is 0.788. The number of nitrogens with one attached hydrogen (secondary N) is 2. The number of nitrogen functional groups attached to an aromatic ring is 1. The first-order chi connectivity index (χ1) is 16.1. The SMILES string of the molecule is CN(C)Cc1ccc(-c2cc3c(-c4cn[nH]c4CCc4ccc(N)cc4)ccnc3[nH]2)cc1. The molecule has 0 radical (unpaired) electrons. The third kappa shape index (κ3) is 4.52. The molecule has 0 amide bonds. The van der Waals surface area contributed by atoms with Crippen molar-refractivity contribution in [3.8, 4) is 22.4 Å². The number of nitrogens with two attached hydrogens (primary N) is 1. The van der Waals surface area contributed by atoms with Crippen molar-refractivity contribution in [3.63, 3.8) is 0 Å². The van der Waals surface area contributed by atoms with E-state index in [2.05, 4.69) is 87.7 Å². The fourth-order valence-corrected chi connectivity index (χ4v) is 4.26. The summed E-state index contributed by atoms with van der Waals surface area (Å²) in [6.07, 6.45) is 5.56. The number of benzene rings is 2. The molecule has 4 N–H and O–H groups in total. The summed E-state index contributed by atoms with van der Waals surface area (Å²) in [6.45, 7) is 0.929. The van der Waals surface area contributed by atoms with Gasteiger partial charge in [0.25, 0.3) is 0 Å².